The number of alkyl halides is 2. The molecule has 1 saturated carbocycles. The normalized spacial score (nSPS) is 17.6. The molecule has 1 aliphatic carbocycles. The van der Waals surface area contributed by atoms with Crippen LogP contribution in [-0.4, -0.2) is 46.5 Å². The SMILES string of the molecule is O=C(O)c1cnn(-c2nc3cnn(C4CCC(F)(F)CC4)c3c(=O)[nH]2)c1. The minimum absolute atomic E-state index is 0.0460. The van der Waals surface area contributed by atoms with E-state index in [9.17, 15) is 18.4 Å². The van der Waals surface area contributed by atoms with Crippen molar-refractivity contribution in [1.82, 2.24) is 29.5 Å². The van der Waals surface area contributed by atoms with Gasteiger partial charge >= 0.3 is 5.97 Å². The molecule has 1 aliphatic rings. The minimum atomic E-state index is -2.67. The monoisotopic (exact) mass is 364 g/mol. The summed E-state index contributed by atoms with van der Waals surface area (Å²) in [5.74, 6) is -3.77. The fraction of sp³-hybridized carbons (Fsp3) is 0.400. The topological polar surface area (TPSA) is 119 Å². The molecular formula is C15H14F2N6O3. The second-order valence-electron chi connectivity index (χ2n) is 6.28. The molecule has 3 aromatic rings. The van der Waals surface area contributed by atoms with E-state index >= 15 is 0 Å². The zero-order valence-corrected chi connectivity index (χ0v) is 13.4. The smallest absolute Gasteiger partial charge is 0.338 e. The third-order valence-electron chi connectivity index (χ3n) is 4.52. The van der Waals surface area contributed by atoms with E-state index in [1.54, 1.807) is 0 Å². The maximum atomic E-state index is 13.4. The lowest BCUT2D eigenvalue weighted by Gasteiger charge is -2.28. The molecule has 26 heavy (non-hydrogen) atoms. The number of H-pyrrole nitrogens is 1. The second-order valence-corrected chi connectivity index (χ2v) is 6.28. The van der Waals surface area contributed by atoms with Crippen LogP contribution in [0, 0.1) is 0 Å². The van der Waals surface area contributed by atoms with Gasteiger partial charge in [-0.3, -0.25) is 14.5 Å². The molecule has 0 atom stereocenters. The average molecular weight is 364 g/mol. The molecule has 0 saturated heterocycles. The van der Waals surface area contributed by atoms with Crippen LogP contribution < -0.4 is 5.56 Å². The molecule has 0 aliphatic heterocycles. The minimum Gasteiger partial charge on any atom is -0.478 e. The van der Waals surface area contributed by atoms with Crippen LogP contribution in [0.25, 0.3) is 17.0 Å². The number of carbonyl (C=O) groups is 1. The molecule has 0 spiro atoms. The lowest BCUT2D eigenvalue weighted by atomic mass is 9.92. The van der Waals surface area contributed by atoms with Crippen LogP contribution in [-0.2, 0) is 0 Å². The molecule has 3 aromatic heterocycles. The maximum absolute atomic E-state index is 13.4. The van der Waals surface area contributed by atoms with Gasteiger partial charge < -0.3 is 5.11 Å². The summed E-state index contributed by atoms with van der Waals surface area (Å²) < 4.78 is 29.3. The van der Waals surface area contributed by atoms with Crippen molar-refractivity contribution in [2.24, 2.45) is 0 Å². The predicted molar refractivity (Wildman–Crippen MR) is 84.7 cm³/mol. The number of nitrogens with one attached hydrogen (secondary N) is 1. The van der Waals surface area contributed by atoms with Gasteiger partial charge in [-0.15, -0.1) is 0 Å². The Morgan fingerprint density at radius 2 is 2.00 bits per heavy atom. The predicted octanol–water partition coefficient (Wildman–Crippen LogP) is 1.75. The zero-order chi connectivity index (χ0) is 18.5. The van der Waals surface area contributed by atoms with Crippen molar-refractivity contribution >= 4 is 17.0 Å². The van der Waals surface area contributed by atoms with Crippen molar-refractivity contribution in [2.75, 3.05) is 0 Å². The van der Waals surface area contributed by atoms with E-state index in [1.165, 1.54) is 17.1 Å². The Kier molecular flexibility index (Phi) is 3.60. The Hall–Kier alpha value is -3.11. The van der Waals surface area contributed by atoms with Crippen molar-refractivity contribution < 1.29 is 18.7 Å². The van der Waals surface area contributed by atoms with Gasteiger partial charge in [0, 0.05) is 19.0 Å². The number of aromatic carboxylic acids is 1. The number of hydrogen-bond acceptors (Lipinski definition) is 5. The molecule has 3 heterocycles. The third-order valence-corrected chi connectivity index (χ3v) is 4.52. The van der Waals surface area contributed by atoms with E-state index in [-0.39, 0.29) is 54.3 Å². The number of fused-ring (bicyclic) bond motifs is 1. The van der Waals surface area contributed by atoms with Crippen molar-refractivity contribution in [3.63, 3.8) is 0 Å². The molecule has 1 fully saturated rings. The standard InChI is InChI=1S/C15H14F2N6O3/c16-15(17)3-1-9(2-4-15)23-11-10(6-19-23)20-14(21-12(11)24)22-7-8(5-18-22)13(25)26/h5-7,9H,1-4H2,(H,25,26)(H,20,21,24). The first-order chi connectivity index (χ1) is 12.3. The van der Waals surface area contributed by atoms with E-state index in [4.69, 9.17) is 5.11 Å². The number of nitrogens with zero attached hydrogens (tertiary/aromatic N) is 5. The first-order valence-electron chi connectivity index (χ1n) is 7.98. The largest absolute Gasteiger partial charge is 0.478 e. The van der Waals surface area contributed by atoms with Gasteiger partial charge in [0.25, 0.3) is 5.56 Å². The highest BCUT2D eigenvalue weighted by atomic mass is 19.3. The lowest BCUT2D eigenvalue weighted by molar-refractivity contribution is -0.0446. The van der Waals surface area contributed by atoms with Gasteiger partial charge in [0.2, 0.25) is 11.9 Å². The summed E-state index contributed by atoms with van der Waals surface area (Å²) in [6, 6.07) is -0.288. The Bertz CT molecular complexity index is 1040. The zero-order valence-electron chi connectivity index (χ0n) is 13.4. The van der Waals surface area contributed by atoms with Crippen LogP contribution in [0.3, 0.4) is 0 Å². The second kappa shape index (κ2) is 5.71. The van der Waals surface area contributed by atoms with Gasteiger partial charge in [-0.2, -0.15) is 10.2 Å². The van der Waals surface area contributed by atoms with Crippen LogP contribution in [0.2, 0.25) is 0 Å². The van der Waals surface area contributed by atoms with Gasteiger partial charge in [-0.05, 0) is 12.8 Å². The summed E-state index contributed by atoms with van der Waals surface area (Å²) in [6.45, 7) is 0. The molecule has 0 aromatic carbocycles. The molecule has 2 N–H and O–H groups in total. The fourth-order valence-corrected chi connectivity index (χ4v) is 3.16. The van der Waals surface area contributed by atoms with Crippen LogP contribution >= 0.6 is 0 Å². The van der Waals surface area contributed by atoms with E-state index in [1.807, 2.05) is 0 Å². The molecule has 4 rings (SSSR count). The van der Waals surface area contributed by atoms with Gasteiger partial charge in [-0.25, -0.2) is 23.2 Å². The average Bonchev–Trinajstić information content (AvgIpc) is 3.22. The first-order valence-corrected chi connectivity index (χ1v) is 7.98. The first kappa shape index (κ1) is 16.4. The van der Waals surface area contributed by atoms with E-state index in [2.05, 4.69) is 20.2 Å². The third kappa shape index (κ3) is 2.74. The number of halogens is 2. The highest BCUT2D eigenvalue weighted by Crippen LogP contribution is 2.38. The van der Waals surface area contributed by atoms with Crippen LogP contribution in [0.1, 0.15) is 42.1 Å². The molecule has 136 valence electrons. The number of carboxylic acids is 1. The summed E-state index contributed by atoms with van der Waals surface area (Å²) in [6.07, 6.45) is 3.72. The maximum Gasteiger partial charge on any atom is 0.338 e. The summed E-state index contributed by atoms with van der Waals surface area (Å²) in [4.78, 5) is 30.2. The summed E-state index contributed by atoms with van der Waals surface area (Å²) in [7, 11) is 0. The highest BCUT2D eigenvalue weighted by Gasteiger charge is 2.36. The molecule has 0 radical (unpaired) electrons. The fourth-order valence-electron chi connectivity index (χ4n) is 3.16. The number of aromatic nitrogens is 6. The number of rotatable bonds is 3. The number of carboxylic acid groups (broad SMARTS) is 1. The molecule has 11 heteroatoms. The summed E-state index contributed by atoms with van der Waals surface area (Å²) >= 11 is 0. The Morgan fingerprint density at radius 1 is 1.27 bits per heavy atom. The van der Waals surface area contributed by atoms with Gasteiger partial charge in [0.1, 0.15) is 5.52 Å². The summed E-state index contributed by atoms with van der Waals surface area (Å²) in [5, 5.41) is 17.0. The van der Waals surface area contributed by atoms with Crippen molar-refractivity contribution in [1.29, 1.82) is 0 Å². The van der Waals surface area contributed by atoms with E-state index in [0.29, 0.717) is 0 Å². The number of hydrogen-bond donors (Lipinski definition) is 2. The Balaban J connectivity index is 1.71. The van der Waals surface area contributed by atoms with Crippen molar-refractivity contribution in [3.05, 3.63) is 34.5 Å². The van der Waals surface area contributed by atoms with Gasteiger partial charge in [0.15, 0.2) is 5.52 Å². The van der Waals surface area contributed by atoms with Gasteiger partial charge in [-0.1, -0.05) is 0 Å². The van der Waals surface area contributed by atoms with Crippen LogP contribution in [0.5, 0.6) is 0 Å². The number of aromatic amines is 1. The molecule has 0 unspecified atom stereocenters. The van der Waals surface area contributed by atoms with Crippen molar-refractivity contribution in [2.45, 2.75) is 37.6 Å². The summed E-state index contributed by atoms with van der Waals surface area (Å²) in [5.41, 5.74) is -0.0539. The van der Waals surface area contributed by atoms with Crippen LogP contribution in [0.15, 0.2) is 23.4 Å². The highest BCUT2D eigenvalue weighted by molar-refractivity contribution is 5.87. The van der Waals surface area contributed by atoms with Crippen molar-refractivity contribution in [3.8, 4) is 5.95 Å². The quantitative estimate of drug-likeness (QED) is 0.731. The Morgan fingerprint density at radius 3 is 2.65 bits per heavy atom. The van der Waals surface area contributed by atoms with E-state index in [0.717, 1.165) is 10.9 Å². The Labute approximate surface area is 144 Å². The van der Waals surface area contributed by atoms with Crippen LogP contribution in [0.4, 0.5) is 8.78 Å². The molecular weight excluding hydrogens is 350 g/mol. The molecule has 0 amide bonds. The van der Waals surface area contributed by atoms with Gasteiger partial charge in [0.05, 0.1) is 24.0 Å². The molecule has 0 bridgehead atoms. The molecule has 9 nitrogen and oxygen atoms in total. The lowest BCUT2D eigenvalue weighted by Crippen LogP contribution is -2.28. The van der Waals surface area contributed by atoms with E-state index < -0.39 is 17.5 Å².